The van der Waals surface area contributed by atoms with E-state index in [1.165, 1.54) is 21.2 Å². The summed E-state index contributed by atoms with van der Waals surface area (Å²) < 4.78 is 5.23. The van der Waals surface area contributed by atoms with E-state index in [9.17, 15) is 4.79 Å². The maximum atomic E-state index is 12.2. The van der Waals surface area contributed by atoms with Gasteiger partial charge in [0.2, 0.25) is 0 Å². The molecule has 3 nitrogen and oxygen atoms in total. The third kappa shape index (κ3) is 2.09. The predicted molar refractivity (Wildman–Crippen MR) is 98.4 cm³/mol. The van der Waals surface area contributed by atoms with Gasteiger partial charge in [0.15, 0.2) is 0 Å². The van der Waals surface area contributed by atoms with E-state index in [4.69, 9.17) is 4.74 Å². The second-order valence-corrected chi connectivity index (χ2v) is 7.62. The van der Waals surface area contributed by atoms with Crippen LogP contribution < -0.4 is 10.4 Å². The Morgan fingerprint density at radius 1 is 1.30 bits per heavy atom. The number of hydrogen-bond donors (Lipinski definition) is 0. The van der Waals surface area contributed by atoms with Gasteiger partial charge in [-0.25, -0.2) is 4.79 Å². The van der Waals surface area contributed by atoms with E-state index in [0.29, 0.717) is 6.61 Å². The Hall–Kier alpha value is -2.20. The monoisotopic (exact) mass is 323 g/mol. The largest absolute Gasteiger partial charge is 0.462 e. The molecule has 2 heterocycles. The number of fused-ring (bicyclic) bond motifs is 4. The highest BCUT2D eigenvalue weighted by Gasteiger charge is 2.21. The Kier molecular flexibility index (Phi) is 3.23. The lowest BCUT2D eigenvalue weighted by atomic mass is 10.0. The molecule has 0 amide bonds. The van der Waals surface area contributed by atoms with Crippen molar-refractivity contribution in [2.24, 2.45) is 4.99 Å². The number of esters is 1. The number of carbonyl (C=O) groups is 1. The van der Waals surface area contributed by atoms with Crippen molar-refractivity contribution in [1.29, 1.82) is 0 Å². The second kappa shape index (κ2) is 5.17. The molecule has 0 N–H and O–H groups in total. The lowest BCUT2D eigenvalue weighted by molar-refractivity contribution is -0.134. The number of benzene rings is 2. The van der Waals surface area contributed by atoms with Gasteiger partial charge in [-0.2, -0.15) is 0 Å². The Labute approximate surface area is 136 Å². The average molecular weight is 323 g/mol. The van der Waals surface area contributed by atoms with Crippen LogP contribution in [0.3, 0.4) is 0 Å². The van der Waals surface area contributed by atoms with Crippen molar-refractivity contribution in [2.45, 2.75) is 18.7 Å². The van der Waals surface area contributed by atoms with E-state index in [-0.39, 0.29) is 16.5 Å². The van der Waals surface area contributed by atoms with E-state index in [0.717, 1.165) is 21.0 Å². The minimum atomic E-state index is -0.238. The zero-order chi connectivity index (χ0) is 16.1. The Bertz CT molecular complexity index is 1060. The molecule has 4 rings (SSSR count). The van der Waals surface area contributed by atoms with Crippen molar-refractivity contribution in [3.05, 3.63) is 34.2 Å². The molecule has 1 unspecified atom stereocenters. The van der Waals surface area contributed by atoms with Crippen LogP contribution in [0.2, 0.25) is 0 Å². The van der Waals surface area contributed by atoms with Gasteiger partial charge in [0.05, 0.1) is 17.2 Å². The molecule has 2 aliphatic heterocycles. The molecular weight excluding hydrogens is 306 g/mol. The molecule has 0 fully saturated rings. The highest BCUT2D eigenvalue weighted by Crippen LogP contribution is 2.32. The number of carbonyl (C=O) groups excluding carboxylic acids is 1. The lowest BCUT2D eigenvalue weighted by Crippen LogP contribution is -2.15. The van der Waals surface area contributed by atoms with Crippen LogP contribution in [0, 0.1) is 6.92 Å². The van der Waals surface area contributed by atoms with Crippen molar-refractivity contribution < 1.29 is 9.53 Å². The first-order valence-electron chi connectivity index (χ1n) is 7.63. The van der Waals surface area contributed by atoms with Gasteiger partial charge in [0, 0.05) is 16.3 Å². The van der Waals surface area contributed by atoms with Gasteiger partial charge < -0.3 is 4.74 Å². The summed E-state index contributed by atoms with van der Waals surface area (Å²) in [5.41, 5.74) is 2.24. The van der Waals surface area contributed by atoms with Gasteiger partial charge in [-0.3, -0.25) is 4.99 Å². The second-order valence-electron chi connectivity index (χ2n) is 5.75. The van der Waals surface area contributed by atoms with Gasteiger partial charge in [-0.1, -0.05) is 6.07 Å². The molecule has 0 bridgehead atoms. The molecule has 116 valence electrons. The van der Waals surface area contributed by atoms with Crippen LogP contribution in [0.15, 0.2) is 28.1 Å². The summed E-state index contributed by atoms with van der Waals surface area (Å²) in [7, 11) is -0.238. The van der Waals surface area contributed by atoms with Crippen LogP contribution in [0.1, 0.15) is 12.5 Å². The number of ether oxygens (including phenoxy) is 1. The third-order valence-electron chi connectivity index (χ3n) is 4.32. The van der Waals surface area contributed by atoms with Crippen molar-refractivity contribution >= 4 is 56.1 Å². The van der Waals surface area contributed by atoms with E-state index in [2.05, 4.69) is 36.4 Å². The smallest absolute Gasteiger partial charge is 0.344 e. The highest BCUT2D eigenvalue weighted by atomic mass is 32.2. The fourth-order valence-corrected chi connectivity index (χ4v) is 5.18. The first kappa shape index (κ1) is 14.4. The van der Waals surface area contributed by atoms with Gasteiger partial charge >= 0.3 is 5.97 Å². The summed E-state index contributed by atoms with van der Waals surface area (Å²) in [5.74, 6) is -0.196. The SMILES string of the molecule is CCOC(=O)C1=S(C)c2c(C)cc3cc4c(cc3c2=C1)=CC=N4. The van der Waals surface area contributed by atoms with E-state index in [1.54, 1.807) is 0 Å². The Morgan fingerprint density at radius 3 is 2.91 bits per heavy atom. The summed E-state index contributed by atoms with van der Waals surface area (Å²) in [5, 5.41) is 4.66. The van der Waals surface area contributed by atoms with E-state index < -0.39 is 0 Å². The van der Waals surface area contributed by atoms with Gasteiger partial charge in [0.1, 0.15) is 0 Å². The molecule has 1 atom stereocenters. The van der Waals surface area contributed by atoms with Crippen LogP contribution in [-0.4, -0.2) is 29.9 Å². The minimum Gasteiger partial charge on any atom is -0.462 e. The number of aliphatic imine (C=N–C) groups is 1. The maximum absolute atomic E-state index is 12.2. The minimum absolute atomic E-state index is 0.196. The zero-order valence-corrected chi connectivity index (χ0v) is 14.2. The van der Waals surface area contributed by atoms with Crippen LogP contribution in [0.4, 0.5) is 5.69 Å². The molecule has 0 aromatic heterocycles. The molecule has 0 saturated carbocycles. The molecule has 23 heavy (non-hydrogen) atoms. The topological polar surface area (TPSA) is 38.7 Å². The lowest BCUT2D eigenvalue weighted by Gasteiger charge is -2.09. The molecular formula is C19H17NO2S. The standard InChI is InChI=1S/C19H17NO2S/c1-4-22-19(21)17-10-15-14-8-12-5-6-20-16(12)9-13(14)7-11(2)18(15)23(17)3/h5-10H,4H2,1-3H3. The molecule has 0 aliphatic carbocycles. The van der Waals surface area contributed by atoms with Crippen LogP contribution >= 0.6 is 10.5 Å². The number of nitrogens with zero attached hydrogens (tertiary/aromatic N) is 1. The Balaban J connectivity index is 2.04. The molecule has 0 saturated heterocycles. The van der Waals surface area contributed by atoms with Gasteiger partial charge in [-0.05, 0) is 65.9 Å². The summed E-state index contributed by atoms with van der Waals surface area (Å²) in [6, 6.07) is 6.51. The molecule has 2 aromatic carbocycles. The fraction of sp³-hybridized carbons (Fsp3) is 0.211. The molecule has 2 aromatic rings. The van der Waals surface area contributed by atoms with Crippen molar-refractivity contribution in [3.8, 4) is 0 Å². The fourth-order valence-electron chi connectivity index (χ4n) is 3.32. The summed E-state index contributed by atoms with van der Waals surface area (Å²) >= 11 is 0. The van der Waals surface area contributed by atoms with Crippen LogP contribution in [0.25, 0.3) is 22.9 Å². The average Bonchev–Trinajstić information content (AvgIpc) is 3.10. The summed E-state index contributed by atoms with van der Waals surface area (Å²) in [6.45, 7) is 4.36. The van der Waals surface area contributed by atoms with Crippen LogP contribution in [-0.2, 0) is 9.53 Å². The van der Waals surface area contributed by atoms with Crippen molar-refractivity contribution in [2.75, 3.05) is 12.9 Å². The molecule has 0 radical (unpaired) electrons. The predicted octanol–water partition coefficient (Wildman–Crippen LogP) is 2.43. The molecule has 4 heteroatoms. The molecule has 0 spiro atoms. The van der Waals surface area contributed by atoms with Crippen LogP contribution in [0.5, 0.6) is 0 Å². The van der Waals surface area contributed by atoms with Gasteiger partial charge in [0.25, 0.3) is 0 Å². The quantitative estimate of drug-likeness (QED) is 0.629. The van der Waals surface area contributed by atoms with E-state index in [1.807, 2.05) is 25.3 Å². The van der Waals surface area contributed by atoms with E-state index >= 15 is 0 Å². The number of rotatable bonds is 2. The first-order valence-corrected chi connectivity index (χ1v) is 9.27. The van der Waals surface area contributed by atoms with Gasteiger partial charge in [-0.15, -0.1) is 10.5 Å². The van der Waals surface area contributed by atoms with Crippen molar-refractivity contribution in [1.82, 2.24) is 0 Å². The zero-order valence-electron chi connectivity index (χ0n) is 13.3. The number of hydrogen-bond acceptors (Lipinski definition) is 3. The molecule has 2 aliphatic rings. The third-order valence-corrected chi connectivity index (χ3v) is 6.42. The maximum Gasteiger partial charge on any atom is 0.344 e. The van der Waals surface area contributed by atoms with Crippen molar-refractivity contribution in [3.63, 3.8) is 0 Å². The Morgan fingerprint density at radius 2 is 2.13 bits per heavy atom. The highest BCUT2D eigenvalue weighted by molar-refractivity contribution is 8.17. The summed E-state index contributed by atoms with van der Waals surface area (Å²) in [6.07, 6.45) is 7.99. The summed E-state index contributed by atoms with van der Waals surface area (Å²) in [4.78, 5) is 18.7. The first-order chi connectivity index (χ1) is 11.1. The number of aryl methyl sites for hydroxylation is 1. The normalized spacial score (nSPS) is 17.7.